The van der Waals surface area contributed by atoms with Crippen molar-refractivity contribution >= 4 is 29.5 Å². The first-order valence-corrected chi connectivity index (χ1v) is 7.12. The van der Waals surface area contributed by atoms with Crippen LogP contribution in [0.4, 0.5) is 21.5 Å². The van der Waals surface area contributed by atoms with Crippen LogP contribution in [-0.2, 0) is 13.0 Å². The van der Waals surface area contributed by atoms with Crippen LogP contribution in [0.2, 0.25) is 0 Å². The lowest BCUT2D eigenvalue weighted by atomic mass is 9.99. The van der Waals surface area contributed by atoms with Gasteiger partial charge in [-0.15, -0.1) is 12.4 Å². The fraction of sp³-hybridized carbons (Fsp3) is 0.250. The lowest BCUT2D eigenvalue weighted by molar-refractivity contribution is -0.385. The van der Waals surface area contributed by atoms with Crippen LogP contribution in [-0.4, -0.2) is 11.5 Å². The van der Waals surface area contributed by atoms with Gasteiger partial charge in [-0.05, 0) is 36.6 Å². The molecule has 0 saturated heterocycles. The molecule has 0 saturated carbocycles. The van der Waals surface area contributed by atoms with E-state index in [0.29, 0.717) is 5.69 Å². The summed E-state index contributed by atoms with van der Waals surface area (Å²) in [7, 11) is 0. The molecule has 0 radical (unpaired) electrons. The molecule has 0 bridgehead atoms. The Morgan fingerprint density at radius 3 is 2.74 bits per heavy atom. The summed E-state index contributed by atoms with van der Waals surface area (Å²) in [6.45, 7) is 0.890. The number of nitrogen functional groups attached to an aromatic ring is 1. The summed E-state index contributed by atoms with van der Waals surface area (Å²) >= 11 is 0. The highest BCUT2D eigenvalue weighted by Crippen LogP contribution is 2.33. The molecule has 23 heavy (non-hydrogen) atoms. The van der Waals surface area contributed by atoms with Crippen molar-refractivity contribution in [2.75, 3.05) is 17.2 Å². The molecule has 0 unspecified atom stereocenters. The zero-order chi connectivity index (χ0) is 15.7. The smallest absolute Gasteiger partial charge is 0.277 e. The Balaban J connectivity index is 0.00000192. The molecule has 5 nitrogen and oxygen atoms in total. The van der Waals surface area contributed by atoms with Crippen molar-refractivity contribution in [2.24, 2.45) is 0 Å². The van der Waals surface area contributed by atoms with E-state index in [1.165, 1.54) is 18.2 Å². The maximum Gasteiger partial charge on any atom is 0.277 e. The van der Waals surface area contributed by atoms with Crippen LogP contribution in [0.3, 0.4) is 0 Å². The third-order valence-electron chi connectivity index (χ3n) is 4.02. The van der Waals surface area contributed by atoms with Gasteiger partial charge in [-0.25, -0.2) is 4.39 Å². The molecule has 0 fully saturated rings. The average molecular weight is 338 g/mol. The Morgan fingerprint density at radius 1 is 1.26 bits per heavy atom. The minimum absolute atomic E-state index is 0. The van der Waals surface area contributed by atoms with Gasteiger partial charge in [-0.2, -0.15) is 0 Å². The Hall–Kier alpha value is -2.34. The number of nitrogens with two attached hydrogens (primary N) is 1. The number of nitrogens with zero attached hydrogens (tertiary/aromatic N) is 2. The molecule has 0 amide bonds. The third-order valence-corrected chi connectivity index (χ3v) is 4.02. The van der Waals surface area contributed by atoms with Crippen molar-refractivity contribution in [3.05, 3.63) is 63.5 Å². The number of fused-ring (bicyclic) bond motifs is 1. The first-order valence-electron chi connectivity index (χ1n) is 7.12. The van der Waals surface area contributed by atoms with Gasteiger partial charge >= 0.3 is 0 Å². The molecule has 2 aromatic carbocycles. The van der Waals surface area contributed by atoms with E-state index in [1.54, 1.807) is 0 Å². The van der Waals surface area contributed by atoms with E-state index in [1.807, 2.05) is 23.1 Å². The number of benzene rings is 2. The highest BCUT2D eigenvalue weighted by atomic mass is 35.5. The molecule has 1 heterocycles. The van der Waals surface area contributed by atoms with E-state index in [2.05, 4.69) is 0 Å². The van der Waals surface area contributed by atoms with Crippen LogP contribution in [0.1, 0.15) is 17.5 Å². The largest absolute Gasteiger partial charge is 0.398 e. The quantitative estimate of drug-likeness (QED) is 0.526. The molecular weight excluding hydrogens is 321 g/mol. The number of halogens is 2. The number of rotatable bonds is 3. The van der Waals surface area contributed by atoms with Gasteiger partial charge in [0.05, 0.1) is 17.0 Å². The van der Waals surface area contributed by atoms with Gasteiger partial charge in [0.2, 0.25) is 0 Å². The number of nitro benzene ring substituents is 1. The van der Waals surface area contributed by atoms with Gasteiger partial charge < -0.3 is 10.6 Å². The van der Waals surface area contributed by atoms with Crippen LogP contribution in [0, 0.1) is 15.9 Å². The van der Waals surface area contributed by atoms with Crippen molar-refractivity contribution in [1.29, 1.82) is 0 Å². The maximum absolute atomic E-state index is 14.1. The van der Waals surface area contributed by atoms with Gasteiger partial charge in [0.1, 0.15) is 5.82 Å². The summed E-state index contributed by atoms with van der Waals surface area (Å²) in [5.41, 5.74) is 8.61. The molecule has 0 aliphatic carbocycles. The second kappa shape index (κ2) is 6.83. The van der Waals surface area contributed by atoms with Crippen molar-refractivity contribution in [3.8, 4) is 0 Å². The number of nitro groups is 1. The van der Waals surface area contributed by atoms with E-state index in [-0.39, 0.29) is 30.2 Å². The molecular formula is C16H17ClFN3O2. The minimum atomic E-state index is -0.551. The van der Waals surface area contributed by atoms with Crippen molar-refractivity contribution in [1.82, 2.24) is 0 Å². The Kier molecular flexibility index (Phi) is 5.05. The van der Waals surface area contributed by atoms with Gasteiger partial charge in [-0.1, -0.05) is 12.1 Å². The highest BCUT2D eigenvalue weighted by Gasteiger charge is 2.24. The van der Waals surface area contributed by atoms with E-state index in [0.717, 1.165) is 30.6 Å². The molecule has 1 aliphatic heterocycles. The van der Waals surface area contributed by atoms with E-state index < -0.39 is 10.7 Å². The van der Waals surface area contributed by atoms with Crippen LogP contribution in [0.5, 0.6) is 0 Å². The second-order valence-corrected chi connectivity index (χ2v) is 5.36. The molecule has 0 aromatic heterocycles. The Morgan fingerprint density at radius 2 is 2.00 bits per heavy atom. The fourth-order valence-electron chi connectivity index (χ4n) is 2.96. The first-order chi connectivity index (χ1) is 10.6. The summed E-state index contributed by atoms with van der Waals surface area (Å²) in [5, 5.41) is 11.1. The number of anilines is 2. The zero-order valence-electron chi connectivity index (χ0n) is 12.4. The summed E-state index contributed by atoms with van der Waals surface area (Å²) in [6.07, 6.45) is 1.77. The Bertz CT molecular complexity index is 739. The lowest BCUT2D eigenvalue weighted by Gasteiger charge is -2.32. The first kappa shape index (κ1) is 17.0. The van der Waals surface area contributed by atoms with Gasteiger partial charge in [-0.3, -0.25) is 10.1 Å². The molecule has 7 heteroatoms. The maximum atomic E-state index is 14.1. The molecule has 0 atom stereocenters. The summed E-state index contributed by atoms with van der Waals surface area (Å²) in [6, 6.07) is 9.57. The van der Waals surface area contributed by atoms with Crippen LogP contribution < -0.4 is 10.6 Å². The summed E-state index contributed by atoms with van der Waals surface area (Å²) < 4.78 is 14.1. The predicted octanol–water partition coefficient (Wildman–Crippen LogP) is 3.69. The fourth-order valence-corrected chi connectivity index (χ4v) is 2.96. The topological polar surface area (TPSA) is 72.4 Å². The molecule has 122 valence electrons. The van der Waals surface area contributed by atoms with E-state index in [9.17, 15) is 14.5 Å². The van der Waals surface area contributed by atoms with Crippen molar-refractivity contribution < 1.29 is 9.31 Å². The van der Waals surface area contributed by atoms with Crippen LogP contribution in [0.15, 0.2) is 36.4 Å². The van der Waals surface area contributed by atoms with Gasteiger partial charge in [0.25, 0.3) is 5.69 Å². The summed E-state index contributed by atoms with van der Waals surface area (Å²) in [4.78, 5) is 12.5. The van der Waals surface area contributed by atoms with Gasteiger partial charge in [0.15, 0.2) is 0 Å². The SMILES string of the molecule is Cl.Nc1cccc2c1CCCN2Cc1c(F)cccc1[N+](=O)[O-]. The number of hydrogen-bond acceptors (Lipinski definition) is 4. The molecule has 3 rings (SSSR count). The predicted molar refractivity (Wildman–Crippen MR) is 90.5 cm³/mol. The standard InChI is InChI=1S/C16H16FN3O2.ClH/c17-13-5-1-8-16(20(21)22)12(13)10-19-9-3-4-11-14(18)6-2-7-15(11)19;/h1-2,5-8H,3-4,9-10,18H2;1H. The Labute approximate surface area is 139 Å². The minimum Gasteiger partial charge on any atom is -0.398 e. The lowest BCUT2D eigenvalue weighted by Crippen LogP contribution is -2.30. The molecule has 2 N–H and O–H groups in total. The van der Waals surface area contributed by atoms with Crippen LogP contribution in [0.25, 0.3) is 0 Å². The average Bonchev–Trinajstić information content (AvgIpc) is 2.50. The second-order valence-electron chi connectivity index (χ2n) is 5.36. The summed E-state index contributed by atoms with van der Waals surface area (Å²) in [5.74, 6) is -0.551. The van der Waals surface area contributed by atoms with Crippen molar-refractivity contribution in [3.63, 3.8) is 0 Å². The number of hydrogen-bond donors (Lipinski definition) is 1. The highest BCUT2D eigenvalue weighted by molar-refractivity contribution is 5.85. The van der Waals surface area contributed by atoms with Crippen molar-refractivity contribution in [2.45, 2.75) is 19.4 Å². The van der Waals surface area contributed by atoms with E-state index in [4.69, 9.17) is 5.73 Å². The third kappa shape index (κ3) is 3.22. The monoisotopic (exact) mass is 337 g/mol. The molecule has 1 aliphatic rings. The van der Waals surface area contributed by atoms with Gasteiger partial charge in [0, 0.05) is 24.0 Å². The molecule has 2 aromatic rings. The zero-order valence-corrected chi connectivity index (χ0v) is 13.2. The van der Waals surface area contributed by atoms with Crippen LogP contribution >= 0.6 is 12.4 Å². The normalized spacial score (nSPS) is 13.2. The van der Waals surface area contributed by atoms with E-state index >= 15 is 0 Å². The molecule has 0 spiro atoms.